The average Bonchev–Trinajstić information content (AvgIpc) is 3.06. The zero-order chi connectivity index (χ0) is 16.8. The lowest BCUT2D eigenvalue weighted by molar-refractivity contribution is -0.150. The van der Waals surface area contributed by atoms with Crippen LogP contribution in [0.5, 0.6) is 11.5 Å². The molecule has 1 N–H and O–H groups in total. The fraction of sp³-hybridized carbons (Fsp3) is 0.353. The van der Waals surface area contributed by atoms with Crippen molar-refractivity contribution in [2.24, 2.45) is 11.8 Å². The fourth-order valence-corrected chi connectivity index (χ4v) is 3.67. The number of benzene rings is 1. The molecule has 1 fully saturated rings. The van der Waals surface area contributed by atoms with Gasteiger partial charge in [0.2, 0.25) is 5.78 Å². The summed E-state index contributed by atoms with van der Waals surface area (Å²) in [7, 11) is 1.25. The van der Waals surface area contributed by atoms with Crippen molar-refractivity contribution in [3.63, 3.8) is 0 Å². The number of methoxy groups -OCH3 is 1. The van der Waals surface area contributed by atoms with Crippen LogP contribution in [-0.4, -0.2) is 35.9 Å². The number of carbonyl (C=O) groups excluding carboxylic acids is 3. The van der Waals surface area contributed by atoms with Crippen molar-refractivity contribution in [2.45, 2.75) is 18.4 Å². The monoisotopic (exact) mass is 316 g/mol. The second kappa shape index (κ2) is 5.22. The Labute approximate surface area is 132 Å². The highest BCUT2D eigenvalue weighted by Gasteiger charge is 2.64. The summed E-state index contributed by atoms with van der Waals surface area (Å²) < 4.78 is 10.7. The van der Waals surface area contributed by atoms with Crippen LogP contribution in [0.25, 0.3) is 0 Å². The third-order valence-corrected chi connectivity index (χ3v) is 4.71. The first-order valence-electron chi connectivity index (χ1n) is 7.24. The summed E-state index contributed by atoms with van der Waals surface area (Å²) in [4.78, 5) is 36.4. The number of hydrogen-bond donors (Lipinski definition) is 1. The molecule has 1 aromatic carbocycles. The maximum absolute atomic E-state index is 13.0. The molecule has 0 radical (unpaired) electrons. The number of aldehydes is 1. The number of phenols is 1. The number of ether oxygens (including phenoxy) is 2. The summed E-state index contributed by atoms with van der Waals surface area (Å²) in [5.74, 6) is -2.20. The highest BCUT2D eigenvalue weighted by Crippen LogP contribution is 2.53. The van der Waals surface area contributed by atoms with Crippen LogP contribution >= 0.6 is 0 Å². The zero-order valence-corrected chi connectivity index (χ0v) is 12.6. The number of rotatable bonds is 3. The largest absolute Gasteiger partial charge is 0.508 e. The molecule has 3 atom stereocenters. The van der Waals surface area contributed by atoms with E-state index in [0.717, 1.165) is 0 Å². The summed E-state index contributed by atoms with van der Waals surface area (Å²) >= 11 is 0. The van der Waals surface area contributed by atoms with E-state index in [2.05, 4.69) is 6.58 Å². The second-order valence-electron chi connectivity index (χ2n) is 5.80. The minimum absolute atomic E-state index is 0.0730. The Morgan fingerprint density at radius 2 is 2.13 bits per heavy atom. The van der Waals surface area contributed by atoms with Crippen LogP contribution in [0.4, 0.5) is 0 Å². The van der Waals surface area contributed by atoms with Gasteiger partial charge in [0, 0.05) is 5.92 Å². The van der Waals surface area contributed by atoms with E-state index in [1.807, 2.05) is 0 Å². The first-order valence-corrected chi connectivity index (χ1v) is 7.24. The summed E-state index contributed by atoms with van der Waals surface area (Å²) in [6, 6.07) is 4.18. The number of carbonyl (C=O) groups is 3. The molecule has 0 amide bonds. The van der Waals surface area contributed by atoms with Crippen LogP contribution in [0.15, 0.2) is 30.4 Å². The van der Waals surface area contributed by atoms with Crippen LogP contribution in [0.3, 0.4) is 0 Å². The van der Waals surface area contributed by atoms with Crippen LogP contribution in [0.2, 0.25) is 0 Å². The quantitative estimate of drug-likeness (QED) is 0.518. The molecule has 1 aliphatic carbocycles. The Hall–Kier alpha value is -2.63. The Morgan fingerprint density at radius 3 is 2.78 bits per heavy atom. The average molecular weight is 316 g/mol. The molecule has 3 rings (SSSR count). The summed E-state index contributed by atoms with van der Waals surface area (Å²) in [5, 5.41) is 9.61. The van der Waals surface area contributed by atoms with Crippen LogP contribution in [0.1, 0.15) is 23.2 Å². The smallest absolute Gasteiger partial charge is 0.313 e. The molecule has 6 heteroatoms. The number of phenolic OH excluding ortho intramolecular Hbond substituents is 1. The Kier molecular flexibility index (Phi) is 3.47. The lowest BCUT2D eigenvalue weighted by Gasteiger charge is -2.33. The van der Waals surface area contributed by atoms with E-state index in [0.29, 0.717) is 19.1 Å². The first kappa shape index (κ1) is 15.3. The van der Waals surface area contributed by atoms with E-state index in [9.17, 15) is 19.5 Å². The molecule has 23 heavy (non-hydrogen) atoms. The van der Waals surface area contributed by atoms with Crippen molar-refractivity contribution in [3.05, 3.63) is 35.9 Å². The van der Waals surface area contributed by atoms with Gasteiger partial charge >= 0.3 is 5.97 Å². The molecule has 0 bridgehead atoms. The second-order valence-corrected chi connectivity index (χ2v) is 5.80. The molecule has 1 aromatic rings. The molecule has 1 saturated carbocycles. The molecular formula is C17H16O6. The van der Waals surface area contributed by atoms with Crippen molar-refractivity contribution in [1.29, 1.82) is 0 Å². The highest BCUT2D eigenvalue weighted by atomic mass is 16.5. The van der Waals surface area contributed by atoms with E-state index < -0.39 is 29.2 Å². The Morgan fingerprint density at radius 1 is 1.43 bits per heavy atom. The van der Waals surface area contributed by atoms with Crippen molar-refractivity contribution < 1.29 is 29.0 Å². The topological polar surface area (TPSA) is 89.9 Å². The van der Waals surface area contributed by atoms with Gasteiger partial charge in [0.1, 0.15) is 23.7 Å². The first-order chi connectivity index (χ1) is 11.0. The molecular weight excluding hydrogens is 300 g/mol. The summed E-state index contributed by atoms with van der Waals surface area (Å²) in [5.41, 5.74) is -1.12. The van der Waals surface area contributed by atoms with Gasteiger partial charge in [-0.2, -0.15) is 0 Å². The normalized spacial score (nSPS) is 28.3. The van der Waals surface area contributed by atoms with Gasteiger partial charge in [0.25, 0.3) is 0 Å². The van der Waals surface area contributed by atoms with Gasteiger partial charge in [0.15, 0.2) is 5.60 Å². The maximum atomic E-state index is 13.0. The predicted molar refractivity (Wildman–Crippen MR) is 79.2 cm³/mol. The number of fused-ring (bicyclic) bond motifs is 1. The molecule has 120 valence electrons. The van der Waals surface area contributed by atoms with Crippen molar-refractivity contribution in [2.75, 3.05) is 7.11 Å². The van der Waals surface area contributed by atoms with E-state index in [-0.39, 0.29) is 22.6 Å². The number of aromatic hydroxyl groups is 1. The molecule has 6 nitrogen and oxygen atoms in total. The van der Waals surface area contributed by atoms with Crippen molar-refractivity contribution >= 4 is 18.0 Å². The van der Waals surface area contributed by atoms with E-state index in [4.69, 9.17) is 9.47 Å². The SMILES string of the molecule is C=C(C=O)C1CCC(C(=O)OC)C12Oc1ccc(O)cc1C2=O. The highest BCUT2D eigenvalue weighted by molar-refractivity contribution is 6.11. The lowest BCUT2D eigenvalue weighted by Crippen LogP contribution is -2.52. The molecule has 0 aromatic heterocycles. The zero-order valence-electron chi connectivity index (χ0n) is 12.6. The van der Waals surface area contributed by atoms with E-state index >= 15 is 0 Å². The number of Topliss-reactive ketones (excluding diaryl/α,β-unsaturated/α-hetero) is 1. The van der Waals surface area contributed by atoms with Crippen molar-refractivity contribution in [3.8, 4) is 11.5 Å². The maximum Gasteiger partial charge on any atom is 0.313 e. The third-order valence-electron chi connectivity index (χ3n) is 4.71. The van der Waals surface area contributed by atoms with Gasteiger partial charge in [0.05, 0.1) is 12.7 Å². The number of esters is 1. The molecule has 1 heterocycles. The summed E-state index contributed by atoms with van der Waals surface area (Å²) in [6.07, 6.45) is 1.36. The minimum atomic E-state index is -1.53. The number of hydrogen-bond acceptors (Lipinski definition) is 6. The third kappa shape index (κ3) is 1.98. The van der Waals surface area contributed by atoms with E-state index in [1.54, 1.807) is 0 Å². The predicted octanol–water partition coefficient (Wildman–Crippen LogP) is 1.66. The van der Waals surface area contributed by atoms with Crippen LogP contribution < -0.4 is 4.74 Å². The molecule has 1 spiro atoms. The van der Waals surface area contributed by atoms with Gasteiger partial charge in [-0.05, 0) is 36.6 Å². The fourth-order valence-electron chi connectivity index (χ4n) is 3.67. The molecule has 1 aliphatic heterocycles. The van der Waals surface area contributed by atoms with Gasteiger partial charge in [-0.15, -0.1) is 0 Å². The van der Waals surface area contributed by atoms with Gasteiger partial charge in [-0.1, -0.05) is 6.58 Å². The molecule has 2 aliphatic rings. The molecule has 0 saturated heterocycles. The van der Waals surface area contributed by atoms with Crippen molar-refractivity contribution in [1.82, 2.24) is 0 Å². The number of ketones is 1. The molecule has 3 unspecified atom stereocenters. The Bertz CT molecular complexity index is 722. The van der Waals surface area contributed by atoms with Gasteiger partial charge < -0.3 is 14.6 Å². The van der Waals surface area contributed by atoms with Gasteiger partial charge in [-0.3, -0.25) is 14.4 Å². The Balaban J connectivity index is 2.15. The standard InChI is InChI=1S/C17H16O6/c1-9(8-18)12-4-5-13(16(21)22-2)17(12)15(20)11-7-10(19)3-6-14(11)23-17/h3,6-8,12-13,19H,1,4-5H2,2H3. The minimum Gasteiger partial charge on any atom is -0.508 e. The summed E-state index contributed by atoms with van der Waals surface area (Å²) in [6.45, 7) is 3.71. The van der Waals surface area contributed by atoms with Crippen LogP contribution in [-0.2, 0) is 14.3 Å². The van der Waals surface area contributed by atoms with Gasteiger partial charge in [-0.25, -0.2) is 0 Å². The van der Waals surface area contributed by atoms with E-state index in [1.165, 1.54) is 25.3 Å². The van der Waals surface area contributed by atoms with Crippen LogP contribution in [0, 0.1) is 11.8 Å². The lowest BCUT2D eigenvalue weighted by atomic mass is 9.76.